The van der Waals surface area contributed by atoms with Crippen LogP contribution in [0.3, 0.4) is 0 Å². The highest BCUT2D eigenvalue weighted by Crippen LogP contribution is 2.18. The summed E-state index contributed by atoms with van der Waals surface area (Å²) < 4.78 is 32.1. The largest absolute Gasteiger partial charge is 0.378 e. The maximum absolute atomic E-state index is 12.5. The van der Waals surface area contributed by atoms with Crippen molar-refractivity contribution in [2.24, 2.45) is 0 Å². The summed E-state index contributed by atoms with van der Waals surface area (Å²) in [6, 6.07) is 6.90. The zero-order chi connectivity index (χ0) is 19.9. The monoisotopic (exact) mass is 396 g/mol. The van der Waals surface area contributed by atoms with Gasteiger partial charge in [0.15, 0.2) is 0 Å². The number of ether oxygens (including phenoxy) is 1. The predicted octanol–water partition coefficient (Wildman–Crippen LogP) is 2.68. The lowest BCUT2D eigenvalue weighted by Gasteiger charge is -2.31. The van der Waals surface area contributed by atoms with E-state index in [4.69, 9.17) is 4.74 Å². The Bertz CT molecular complexity index is 691. The van der Waals surface area contributed by atoms with E-state index in [2.05, 4.69) is 0 Å². The lowest BCUT2D eigenvalue weighted by molar-refractivity contribution is -0.133. The number of aryl methyl sites for hydroxylation is 1. The van der Waals surface area contributed by atoms with Gasteiger partial charge in [0, 0.05) is 39.2 Å². The molecule has 1 heterocycles. The third-order valence-electron chi connectivity index (χ3n) is 5.09. The Morgan fingerprint density at radius 3 is 2.22 bits per heavy atom. The molecule has 0 aliphatic carbocycles. The second-order valence-electron chi connectivity index (χ2n) is 6.77. The minimum Gasteiger partial charge on any atom is -0.378 e. The molecule has 0 radical (unpaired) electrons. The Labute approximate surface area is 163 Å². The van der Waals surface area contributed by atoms with Gasteiger partial charge in [-0.1, -0.05) is 26.0 Å². The molecule has 27 heavy (non-hydrogen) atoms. The molecule has 0 bridgehead atoms. The van der Waals surface area contributed by atoms with Gasteiger partial charge >= 0.3 is 0 Å². The van der Waals surface area contributed by atoms with E-state index in [1.54, 1.807) is 12.1 Å². The Morgan fingerprint density at radius 1 is 1.11 bits per heavy atom. The number of rotatable bonds is 9. The van der Waals surface area contributed by atoms with Crippen LogP contribution >= 0.6 is 0 Å². The van der Waals surface area contributed by atoms with E-state index >= 15 is 0 Å². The first-order valence-corrected chi connectivity index (χ1v) is 11.3. The predicted molar refractivity (Wildman–Crippen MR) is 106 cm³/mol. The molecular weight excluding hydrogens is 364 g/mol. The van der Waals surface area contributed by atoms with Crippen molar-refractivity contribution in [3.63, 3.8) is 0 Å². The van der Waals surface area contributed by atoms with Crippen LogP contribution in [0.15, 0.2) is 29.2 Å². The number of nitrogens with zero attached hydrogens (tertiary/aromatic N) is 2. The quantitative estimate of drug-likeness (QED) is 0.644. The number of carbonyl (C=O) groups excluding carboxylic acids is 1. The normalized spacial score (nSPS) is 16.1. The van der Waals surface area contributed by atoms with E-state index in [-0.39, 0.29) is 12.0 Å². The molecule has 1 amide bonds. The zero-order valence-corrected chi connectivity index (χ0v) is 17.5. The molecule has 152 valence electrons. The standard InChI is InChI=1S/C20H32N2O4S/c1-4-22(5-2)27(24,25)19-10-7-17(8-11-19)9-12-20(23)21-15-13-18(14-16-21)26-6-3/h7-8,10-11,18H,4-6,9,12-16H2,1-3H3. The second-order valence-corrected chi connectivity index (χ2v) is 8.71. The molecular formula is C20H32N2O4S. The highest BCUT2D eigenvalue weighted by atomic mass is 32.2. The average Bonchev–Trinajstić information content (AvgIpc) is 2.68. The van der Waals surface area contributed by atoms with Crippen molar-refractivity contribution < 1.29 is 17.9 Å². The molecule has 1 aromatic carbocycles. The fourth-order valence-electron chi connectivity index (χ4n) is 3.46. The third-order valence-corrected chi connectivity index (χ3v) is 7.16. The van der Waals surface area contributed by atoms with Gasteiger partial charge in [0.1, 0.15) is 0 Å². The van der Waals surface area contributed by atoms with Crippen molar-refractivity contribution in [2.75, 3.05) is 32.8 Å². The maximum atomic E-state index is 12.5. The number of hydrogen-bond donors (Lipinski definition) is 0. The average molecular weight is 397 g/mol. The van der Waals surface area contributed by atoms with E-state index in [0.717, 1.165) is 38.1 Å². The molecule has 1 aliphatic rings. The SMILES string of the molecule is CCOC1CCN(C(=O)CCc2ccc(S(=O)(=O)N(CC)CC)cc2)CC1. The van der Waals surface area contributed by atoms with Gasteiger partial charge in [-0.2, -0.15) is 4.31 Å². The first kappa shape index (κ1) is 21.9. The molecule has 0 saturated carbocycles. The van der Waals surface area contributed by atoms with Gasteiger partial charge in [-0.15, -0.1) is 0 Å². The first-order chi connectivity index (χ1) is 12.9. The van der Waals surface area contributed by atoms with Crippen molar-refractivity contribution in [3.05, 3.63) is 29.8 Å². The molecule has 0 unspecified atom stereocenters. The van der Waals surface area contributed by atoms with Crippen LogP contribution in [-0.2, 0) is 26.0 Å². The number of benzene rings is 1. The van der Waals surface area contributed by atoms with Gasteiger partial charge in [-0.3, -0.25) is 4.79 Å². The number of piperidine rings is 1. The third kappa shape index (κ3) is 5.77. The number of carbonyl (C=O) groups is 1. The molecule has 1 fully saturated rings. The van der Waals surface area contributed by atoms with Crippen molar-refractivity contribution in [1.29, 1.82) is 0 Å². The van der Waals surface area contributed by atoms with Gasteiger partial charge in [-0.25, -0.2) is 8.42 Å². The van der Waals surface area contributed by atoms with Crippen LogP contribution in [0.4, 0.5) is 0 Å². The molecule has 0 aromatic heterocycles. The minimum atomic E-state index is -3.43. The molecule has 1 aromatic rings. The Morgan fingerprint density at radius 2 is 1.70 bits per heavy atom. The number of sulfonamides is 1. The fraction of sp³-hybridized carbons (Fsp3) is 0.650. The first-order valence-electron chi connectivity index (χ1n) is 9.90. The van der Waals surface area contributed by atoms with Gasteiger partial charge in [0.25, 0.3) is 0 Å². The molecule has 7 heteroatoms. The number of amides is 1. The van der Waals surface area contributed by atoms with Crippen molar-refractivity contribution in [3.8, 4) is 0 Å². The fourth-order valence-corrected chi connectivity index (χ4v) is 4.92. The van der Waals surface area contributed by atoms with Gasteiger partial charge in [-0.05, 0) is 43.9 Å². The molecule has 1 saturated heterocycles. The summed E-state index contributed by atoms with van der Waals surface area (Å²) in [6.45, 7) is 8.80. The molecule has 1 aliphatic heterocycles. The molecule has 0 atom stereocenters. The van der Waals surface area contributed by atoms with Crippen LogP contribution in [0, 0.1) is 0 Å². The van der Waals surface area contributed by atoms with Gasteiger partial charge in [0.05, 0.1) is 11.0 Å². The molecule has 6 nitrogen and oxygen atoms in total. The van der Waals surface area contributed by atoms with E-state index in [1.807, 2.05) is 37.8 Å². The van der Waals surface area contributed by atoms with Crippen LogP contribution < -0.4 is 0 Å². The smallest absolute Gasteiger partial charge is 0.243 e. The Hall–Kier alpha value is -1.44. The summed E-state index contributed by atoms with van der Waals surface area (Å²) in [5, 5.41) is 0. The van der Waals surface area contributed by atoms with Crippen LogP contribution in [-0.4, -0.2) is 62.4 Å². The van der Waals surface area contributed by atoms with E-state index in [1.165, 1.54) is 4.31 Å². The van der Waals surface area contributed by atoms with E-state index in [9.17, 15) is 13.2 Å². The van der Waals surface area contributed by atoms with Crippen LogP contribution in [0.2, 0.25) is 0 Å². The van der Waals surface area contributed by atoms with E-state index in [0.29, 0.717) is 30.8 Å². The highest BCUT2D eigenvalue weighted by molar-refractivity contribution is 7.89. The van der Waals surface area contributed by atoms with Crippen molar-refractivity contribution >= 4 is 15.9 Å². The van der Waals surface area contributed by atoms with Gasteiger partial charge in [0.2, 0.25) is 15.9 Å². The Balaban J connectivity index is 1.87. The zero-order valence-electron chi connectivity index (χ0n) is 16.7. The molecule has 0 spiro atoms. The van der Waals surface area contributed by atoms with Crippen molar-refractivity contribution in [1.82, 2.24) is 9.21 Å². The second kappa shape index (κ2) is 10.2. The summed E-state index contributed by atoms with van der Waals surface area (Å²) in [6.07, 6.45) is 3.14. The lowest BCUT2D eigenvalue weighted by Crippen LogP contribution is -2.41. The summed E-state index contributed by atoms with van der Waals surface area (Å²) in [5.41, 5.74) is 0.978. The molecule has 0 N–H and O–H groups in total. The Kier molecular flexibility index (Phi) is 8.26. The molecule has 2 rings (SSSR count). The highest BCUT2D eigenvalue weighted by Gasteiger charge is 2.23. The summed E-state index contributed by atoms with van der Waals surface area (Å²) in [5.74, 6) is 0.157. The summed E-state index contributed by atoms with van der Waals surface area (Å²) in [4.78, 5) is 14.6. The topological polar surface area (TPSA) is 66.9 Å². The lowest BCUT2D eigenvalue weighted by atomic mass is 10.1. The maximum Gasteiger partial charge on any atom is 0.243 e. The van der Waals surface area contributed by atoms with E-state index < -0.39 is 10.0 Å². The van der Waals surface area contributed by atoms with Crippen LogP contribution in [0.1, 0.15) is 45.6 Å². The summed E-state index contributed by atoms with van der Waals surface area (Å²) >= 11 is 0. The van der Waals surface area contributed by atoms with Gasteiger partial charge < -0.3 is 9.64 Å². The van der Waals surface area contributed by atoms with Crippen molar-refractivity contribution in [2.45, 2.75) is 57.5 Å². The number of likely N-dealkylation sites (tertiary alicyclic amines) is 1. The van der Waals surface area contributed by atoms with Crippen LogP contribution in [0.5, 0.6) is 0 Å². The van der Waals surface area contributed by atoms with Crippen LogP contribution in [0.25, 0.3) is 0 Å². The summed E-state index contributed by atoms with van der Waals surface area (Å²) in [7, 11) is -3.43. The number of hydrogen-bond acceptors (Lipinski definition) is 4. The minimum absolute atomic E-state index is 0.157.